The maximum Gasteiger partial charge on any atom is 0.270 e. The Balaban J connectivity index is 1.70. The molecule has 2 N–H and O–H groups in total. The minimum Gasteiger partial charge on any atom is -0.383 e. The summed E-state index contributed by atoms with van der Waals surface area (Å²) in [5.41, 5.74) is 0.400. The van der Waals surface area contributed by atoms with Crippen LogP contribution in [-0.2, 0) is 12.6 Å². The summed E-state index contributed by atoms with van der Waals surface area (Å²) in [6.45, 7) is 1.67. The van der Waals surface area contributed by atoms with E-state index >= 15 is 0 Å². The van der Waals surface area contributed by atoms with Crippen molar-refractivity contribution in [1.29, 1.82) is 0 Å². The fourth-order valence-electron chi connectivity index (χ4n) is 2.25. The molecule has 1 unspecified atom stereocenters. The molecule has 24 heavy (non-hydrogen) atoms. The summed E-state index contributed by atoms with van der Waals surface area (Å²) in [4.78, 5) is 16.4. The molecular formula is C16H18N6O2. The fourth-order valence-corrected chi connectivity index (χ4v) is 2.25. The average Bonchev–Trinajstić information content (AvgIpc) is 3.24. The Morgan fingerprint density at radius 3 is 2.88 bits per heavy atom. The van der Waals surface area contributed by atoms with Crippen molar-refractivity contribution in [3.05, 3.63) is 60.4 Å². The lowest BCUT2D eigenvalue weighted by molar-refractivity contribution is 0.0524. The van der Waals surface area contributed by atoms with E-state index in [1.807, 2.05) is 0 Å². The predicted molar refractivity (Wildman–Crippen MR) is 86.5 cm³/mol. The molecule has 0 radical (unpaired) electrons. The molecule has 0 aromatic carbocycles. The lowest BCUT2D eigenvalue weighted by Crippen LogP contribution is -2.38. The molecular weight excluding hydrogens is 308 g/mol. The van der Waals surface area contributed by atoms with Gasteiger partial charge < -0.3 is 10.4 Å². The Bertz CT molecular complexity index is 838. The number of rotatable bonds is 5. The lowest BCUT2D eigenvalue weighted by Gasteiger charge is -2.22. The second kappa shape index (κ2) is 6.25. The lowest BCUT2D eigenvalue weighted by atomic mass is 10.00. The van der Waals surface area contributed by atoms with Crippen molar-refractivity contribution in [3.8, 4) is 5.69 Å². The summed E-state index contributed by atoms with van der Waals surface area (Å²) in [5.74, 6) is -0.367. The van der Waals surface area contributed by atoms with Crippen molar-refractivity contribution in [2.45, 2.75) is 12.5 Å². The third kappa shape index (κ3) is 3.33. The topological polar surface area (TPSA) is 97.9 Å². The van der Waals surface area contributed by atoms with Gasteiger partial charge >= 0.3 is 0 Å². The van der Waals surface area contributed by atoms with E-state index in [4.69, 9.17) is 0 Å². The molecule has 0 spiro atoms. The molecule has 3 aromatic heterocycles. The maximum absolute atomic E-state index is 12.3. The van der Waals surface area contributed by atoms with E-state index < -0.39 is 5.60 Å². The third-order valence-electron chi connectivity index (χ3n) is 3.67. The first-order chi connectivity index (χ1) is 11.5. The van der Waals surface area contributed by atoms with Crippen molar-refractivity contribution in [2.75, 3.05) is 6.54 Å². The van der Waals surface area contributed by atoms with Crippen LogP contribution in [0.25, 0.3) is 5.69 Å². The molecule has 0 aliphatic carbocycles. The molecule has 1 amide bonds. The zero-order chi connectivity index (χ0) is 17.2. The highest BCUT2D eigenvalue weighted by atomic mass is 16.3. The Morgan fingerprint density at radius 2 is 2.21 bits per heavy atom. The molecule has 0 bridgehead atoms. The van der Waals surface area contributed by atoms with Gasteiger partial charge in [0.2, 0.25) is 0 Å². The highest BCUT2D eigenvalue weighted by Gasteiger charge is 2.25. The second-order valence-corrected chi connectivity index (χ2v) is 5.71. The summed E-state index contributed by atoms with van der Waals surface area (Å²) in [5, 5.41) is 21.4. The zero-order valence-electron chi connectivity index (χ0n) is 13.4. The van der Waals surface area contributed by atoms with Crippen molar-refractivity contribution in [2.24, 2.45) is 7.05 Å². The average molecular weight is 326 g/mol. The number of hydrogen-bond donors (Lipinski definition) is 2. The van der Waals surface area contributed by atoms with Crippen molar-refractivity contribution >= 4 is 5.91 Å². The largest absolute Gasteiger partial charge is 0.383 e. The maximum atomic E-state index is 12.3. The van der Waals surface area contributed by atoms with E-state index in [2.05, 4.69) is 20.5 Å². The van der Waals surface area contributed by atoms with Gasteiger partial charge in [0.15, 0.2) is 0 Å². The molecule has 0 aliphatic heterocycles. The molecule has 0 saturated heterocycles. The quantitative estimate of drug-likeness (QED) is 0.717. The van der Waals surface area contributed by atoms with Crippen molar-refractivity contribution in [3.63, 3.8) is 0 Å². The van der Waals surface area contributed by atoms with Crippen LogP contribution in [0.5, 0.6) is 0 Å². The molecule has 124 valence electrons. The molecule has 1 atom stereocenters. The number of hydrogen-bond acceptors (Lipinski definition) is 5. The van der Waals surface area contributed by atoms with Crippen LogP contribution >= 0.6 is 0 Å². The van der Waals surface area contributed by atoms with E-state index in [1.165, 1.54) is 0 Å². The number of aryl methyl sites for hydroxylation is 1. The van der Waals surface area contributed by atoms with Crippen molar-refractivity contribution in [1.82, 2.24) is 29.9 Å². The molecule has 0 saturated carbocycles. The molecule has 0 fully saturated rings. The van der Waals surface area contributed by atoms with E-state index in [0.29, 0.717) is 5.56 Å². The Hall–Kier alpha value is -3.00. The summed E-state index contributed by atoms with van der Waals surface area (Å²) in [7, 11) is 1.77. The van der Waals surface area contributed by atoms with Gasteiger partial charge in [0, 0.05) is 37.4 Å². The number of nitrogens with one attached hydrogen (secondary N) is 1. The molecule has 3 heterocycles. The standard InChI is InChI=1S/C16H18N6O2/c1-16(24,12-9-20-21(2)10-12)11-18-15(23)14-8-13(4-6-17-14)22-7-3-5-19-22/h3-10,24H,11H2,1-2H3,(H,18,23). The number of carbonyl (C=O) groups is 1. The van der Waals surface area contributed by atoms with Crippen LogP contribution in [0.1, 0.15) is 23.0 Å². The number of carbonyl (C=O) groups excluding carboxylic acids is 1. The second-order valence-electron chi connectivity index (χ2n) is 5.71. The van der Waals surface area contributed by atoms with Crippen LogP contribution in [0, 0.1) is 0 Å². The number of aromatic nitrogens is 5. The smallest absolute Gasteiger partial charge is 0.270 e. The minimum atomic E-state index is -1.22. The molecule has 8 nitrogen and oxygen atoms in total. The normalized spacial score (nSPS) is 13.5. The van der Waals surface area contributed by atoms with Crippen LogP contribution in [0.4, 0.5) is 0 Å². The Morgan fingerprint density at radius 1 is 1.38 bits per heavy atom. The number of amides is 1. The van der Waals surface area contributed by atoms with E-state index in [1.54, 1.807) is 72.5 Å². The third-order valence-corrected chi connectivity index (χ3v) is 3.67. The first-order valence-electron chi connectivity index (χ1n) is 7.41. The van der Waals surface area contributed by atoms with Gasteiger partial charge in [-0.3, -0.25) is 14.5 Å². The summed E-state index contributed by atoms with van der Waals surface area (Å²) in [6.07, 6.45) is 8.27. The number of pyridine rings is 1. The van der Waals surface area contributed by atoms with Crippen LogP contribution in [0.2, 0.25) is 0 Å². The first kappa shape index (κ1) is 15.9. The van der Waals surface area contributed by atoms with Crippen LogP contribution in [0.3, 0.4) is 0 Å². The number of aliphatic hydroxyl groups is 1. The van der Waals surface area contributed by atoms with Crippen LogP contribution < -0.4 is 5.32 Å². The first-order valence-corrected chi connectivity index (χ1v) is 7.41. The van der Waals surface area contributed by atoms with E-state index in [0.717, 1.165) is 5.69 Å². The van der Waals surface area contributed by atoms with Gasteiger partial charge in [0.05, 0.1) is 18.4 Å². The van der Waals surface area contributed by atoms with Gasteiger partial charge in [0.25, 0.3) is 5.91 Å². The number of nitrogens with zero attached hydrogens (tertiary/aromatic N) is 5. The summed E-state index contributed by atoms with van der Waals surface area (Å²) < 4.78 is 3.24. The fraction of sp³-hybridized carbons (Fsp3) is 0.250. The van der Waals surface area contributed by atoms with Gasteiger partial charge in [0.1, 0.15) is 11.3 Å². The van der Waals surface area contributed by atoms with Gasteiger partial charge in [-0.1, -0.05) is 0 Å². The van der Waals surface area contributed by atoms with Gasteiger partial charge in [-0.05, 0) is 25.1 Å². The molecule has 8 heteroatoms. The highest BCUT2D eigenvalue weighted by molar-refractivity contribution is 5.92. The van der Waals surface area contributed by atoms with Crippen LogP contribution in [0.15, 0.2) is 49.2 Å². The molecule has 3 aromatic rings. The summed E-state index contributed by atoms with van der Waals surface area (Å²) >= 11 is 0. The highest BCUT2D eigenvalue weighted by Crippen LogP contribution is 2.18. The molecule has 0 aliphatic rings. The van der Waals surface area contributed by atoms with Gasteiger partial charge in [-0.15, -0.1) is 0 Å². The molecule has 3 rings (SSSR count). The monoisotopic (exact) mass is 326 g/mol. The van der Waals surface area contributed by atoms with Gasteiger partial charge in [-0.2, -0.15) is 10.2 Å². The summed E-state index contributed by atoms with van der Waals surface area (Å²) in [6, 6.07) is 5.20. The van der Waals surface area contributed by atoms with Crippen molar-refractivity contribution < 1.29 is 9.90 Å². The predicted octanol–water partition coefficient (Wildman–Crippen LogP) is 0.638. The van der Waals surface area contributed by atoms with Gasteiger partial charge in [-0.25, -0.2) is 4.68 Å². The van der Waals surface area contributed by atoms with E-state index in [-0.39, 0.29) is 18.1 Å². The Labute approximate surface area is 138 Å². The van der Waals surface area contributed by atoms with Crippen LogP contribution in [-0.4, -0.2) is 42.1 Å². The Kier molecular flexibility index (Phi) is 4.13. The zero-order valence-corrected chi connectivity index (χ0v) is 13.4. The SMILES string of the molecule is Cn1cc(C(C)(O)CNC(=O)c2cc(-n3cccn3)ccn2)cn1. The van der Waals surface area contributed by atoms with E-state index in [9.17, 15) is 9.90 Å². The minimum absolute atomic E-state index is 0.0468.